The second-order valence-corrected chi connectivity index (χ2v) is 5.30. The second-order valence-electron chi connectivity index (χ2n) is 5.30. The number of hydrogen-bond acceptors (Lipinski definition) is 6. The number of aromatic nitrogens is 2. The molecule has 0 bridgehead atoms. The highest BCUT2D eigenvalue weighted by molar-refractivity contribution is 5.90. The maximum absolute atomic E-state index is 12.0. The van der Waals surface area contributed by atoms with Crippen molar-refractivity contribution in [2.45, 2.75) is 25.2 Å². The first-order valence-corrected chi connectivity index (χ1v) is 7.08. The summed E-state index contributed by atoms with van der Waals surface area (Å²) < 4.78 is 10.2. The molecule has 22 heavy (non-hydrogen) atoms. The van der Waals surface area contributed by atoms with Gasteiger partial charge in [-0.25, -0.2) is 4.79 Å². The van der Waals surface area contributed by atoms with Crippen LogP contribution in [0.1, 0.15) is 41.2 Å². The molecule has 0 radical (unpaired) electrons. The minimum atomic E-state index is -0.542. The number of methoxy groups -OCH3 is 1. The lowest BCUT2D eigenvalue weighted by atomic mass is 9.75. The Morgan fingerprint density at radius 2 is 2.45 bits per heavy atom. The summed E-state index contributed by atoms with van der Waals surface area (Å²) in [5.41, 5.74) is 6.95. The number of allylic oxidation sites excluding steroid dienone is 3. The number of fused-ring (bicyclic) bond motifs is 1. The minimum absolute atomic E-state index is 0.0434. The van der Waals surface area contributed by atoms with Crippen LogP contribution < -0.4 is 10.5 Å². The van der Waals surface area contributed by atoms with Gasteiger partial charge in [-0.2, -0.15) is 5.26 Å². The van der Waals surface area contributed by atoms with E-state index in [1.165, 1.54) is 7.11 Å². The monoisotopic (exact) mass is 300 g/mol. The number of carbonyl (C=O) groups is 1. The first-order chi connectivity index (χ1) is 10.7. The largest absolute Gasteiger partial charge is 0.464 e. The third-order valence-corrected chi connectivity index (χ3v) is 4.09. The molecular weight excluding hydrogens is 284 g/mol. The van der Waals surface area contributed by atoms with Crippen molar-refractivity contribution in [2.75, 3.05) is 7.11 Å². The van der Waals surface area contributed by atoms with E-state index < -0.39 is 5.97 Å². The average Bonchev–Trinajstić information content (AvgIpc) is 2.96. The van der Waals surface area contributed by atoms with Crippen molar-refractivity contribution < 1.29 is 14.3 Å². The van der Waals surface area contributed by atoms with Crippen molar-refractivity contribution in [3.63, 3.8) is 0 Å². The van der Waals surface area contributed by atoms with Crippen LogP contribution in [-0.4, -0.2) is 23.3 Å². The third-order valence-electron chi connectivity index (χ3n) is 4.09. The van der Waals surface area contributed by atoms with Crippen molar-refractivity contribution in [1.82, 2.24) is 10.2 Å². The van der Waals surface area contributed by atoms with Gasteiger partial charge in [-0.1, -0.05) is 12.2 Å². The molecule has 1 aliphatic heterocycles. The molecule has 3 rings (SSSR count). The molecular formula is C15H16N4O3. The molecule has 0 fully saturated rings. The van der Waals surface area contributed by atoms with Crippen LogP contribution in [-0.2, 0) is 4.74 Å². The number of carbonyl (C=O) groups excluding carboxylic acids is 1. The molecule has 2 aliphatic rings. The number of aromatic amines is 1. The predicted octanol–water partition coefficient (Wildman–Crippen LogP) is 1.72. The van der Waals surface area contributed by atoms with Crippen molar-refractivity contribution in [3.8, 4) is 11.9 Å². The van der Waals surface area contributed by atoms with Crippen molar-refractivity contribution >= 4 is 5.97 Å². The van der Waals surface area contributed by atoms with Gasteiger partial charge in [-0.3, -0.25) is 5.10 Å². The molecule has 7 heteroatoms. The summed E-state index contributed by atoms with van der Waals surface area (Å²) in [7, 11) is 1.30. The zero-order valence-electron chi connectivity index (χ0n) is 12.1. The molecule has 0 aromatic carbocycles. The van der Waals surface area contributed by atoms with Crippen LogP contribution in [0.5, 0.6) is 5.88 Å². The van der Waals surface area contributed by atoms with Gasteiger partial charge in [0.25, 0.3) is 0 Å². The second kappa shape index (κ2) is 5.56. The number of nitrogens with zero attached hydrogens (tertiary/aromatic N) is 2. The molecule has 0 amide bonds. The fraction of sp³-hybridized carbons (Fsp3) is 0.400. The summed E-state index contributed by atoms with van der Waals surface area (Å²) in [5, 5.41) is 16.1. The molecule has 0 saturated carbocycles. The number of ether oxygens (including phenoxy) is 2. The minimum Gasteiger partial charge on any atom is -0.464 e. The number of rotatable bonds is 2. The van der Waals surface area contributed by atoms with Crippen LogP contribution >= 0.6 is 0 Å². The molecule has 114 valence electrons. The molecule has 1 aromatic rings. The van der Waals surface area contributed by atoms with Gasteiger partial charge >= 0.3 is 5.97 Å². The number of nitrogens with one attached hydrogen (secondary N) is 1. The van der Waals surface area contributed by atoms with Crippen molar-refractivity contribution in [3.05, 3.63) is 34.9 Å². The highest BCUT2D eigenvalue weighted by atomic mass is 16.5. The van der Waals surface area contributed by atoms with E-state index in [9.17, 15) is 10.1 Å². The molecule has 1 aliphatic carbocycles. The van der Waals surface area contributed by atoms with Crippen LogP contribution in [0.4, 0.5) is 0 Å². The zero-order valence-corrected chi connectivity index (χ0v) is 12.1. The Balaban J connectivity index is 2.15. The number of H-pyrrole nitrogens is 1. The lowest BCUT2D eigenvalue weighted by Crippen LogP contribution is -2.26. The summed E-state index contributed by atoms with van der Waals surface area (Å²) in [5.74, 6) is -0.536. The van der Waals surface area contributed by atoms with Crippen molar-refractivity contribution in [1.29, 1.82) is 5.26 Å². The van der Waals surface area contributed by atoms with Gasteiger partial charge in [-0.05, 0) is 25.2 Å². The number of hydrogen-bond donors (Lipinski definition) is 2. The van der Waals surface area contributed by atoms with E-state index in [0.29, 0.717) is 11.1 Å². The maximum Gasteiger partial charge on any atom is 0.356 e. The Hall–Kier alpha value is -2.75. The van der Waals surface area contributed by atoms with E-state index in [1.807, 2.05) is 0 Å². The Bertz CT molecular complexity index is 711. The molecule has 2 heterocycles. The normalized spacial score (nSPS) is 23.5. The van der Waals surface area contributed by atoms with E-state index in [2.05, 4.69) is 28.4 Å². The van der Waals surface area contributed by atoms with Gasteiger partial charge < -0.3 is 15.2 Å². The molecule has 0 saturated heterocycles. The summed E-state index contributed by atoms with van der Waals surface area (Å²) in [4.78, 5) is 12.0. The third kappa shape index (κ3) is 2.13. The van der Waals surface area contributed by atoms with Gasteiger partial charge in [0, 0.05) is 5.92 Å². The molecule has 1 aromatic heterocycles. The van der Waals surface area contributed by atoms with Crippen LogP contribution in [0.25, 0.3) is 0 Å². The van der Waals surface area contributed by atoms with E-state index in [0.717, 1.165) is 19.3 Å². The van der Waals surface area contributed by atoms with E-state index in [1.54, 1.807) is 0 Å². The van der Waals surface area contributed by atoms with Gasteiger partial charge in [0.05, 0.1) is 18.2 Å². The summed E-state index contributed by atoms with van der Waals surface area (Å²) >= 11 is 0. The Morgan fingerprint density at radius 3 is 3.09 bits per heavy atom. The fourth-order valence-electron chi connectivity index (χ4n) is 3.08. The molecule has 0 unspecified atom stereocenters. The fourth-order valence-corrected chi connectivity index (χ4v) is 3.08. The summed E-state index contributed by atoms with van der Waals surface area (Å²) in [6.45, 7) is 0. The first-order valence-electron chi connectivity index (χ1n) is 7.08. The van der Waals surface area contributed by atoms with E-state index in [4.69, 9.17) is 15.2 Å². The van der Waals surface area contributed by atoms with Gasteiger partial charge in [0.1, 0.15) is 6.07 Å². The molecule has 0 spiro atoms. The molecule has 3 N–H and O–H groups in total. The van der Waals surface area contributed by atoms with E-state index in [-0.39, 0.29) is 29.3 Å². The number of esters is 1. The van der Waals surface area contributed by atoms with Gasteiger partial charge in [0.15, 0.2) is 5.69 Å². The summed E-state index contributed by atoms with van der Waals surface area (Å²) in [6.07, 6.45) is 7.11. The van der Waals surface area contributed by atoms with Crippen LogP contribution in [0.3, 0.4) is 0 Å². The maximum atomic E-state index is 12.0. The Labute approximate surface area is 127 Å². The van der Waals surface area contributed by atoms with Gasteiger partial charge in [0.2, 0.25) is 11.8 Å². The Kier molecular flexibility index (Phi) is 3.59. The lowest BCUT2D eigenvalue weighted by Gasteiger charge is -2.30. The zero-order chi connectivity index (χ0) is 15.7. The number of nitrogens with two attached hydrogens (primary N) is 1. The topological polar surface area (TPSA) is 114 Å². The first kappa shape index (κ1) is 14.2. The van der Waals surface area contributed by atoms with E-state index >= 15 is 0 Å². The smallest absolute Gasteiger partial charge is 0.356 e. The highest BCUT2D eigenvalue weighted by Gasteiger charge is 2.40. The standard InChI is InChI=1S/C15H16N4O3/c1-21-15(20)12-11-10(8-5-3-2-4-6-8)9(7-16)13(17)22-14(11)19-18-12/h3,5,8,10H,2,4,6,17H2,1H3,(H,18,19)/t8-,10-/m0/s1. The SMILES string of the molecule is COC(=O)c1[nH]nc2c1[C@@H]([C@H]1C=CCCC1)C(C#N)=C(N)O2. The molecule has 7 nitrogen and oxygen atoms in total. The summed E-state index contributed by atoms with van der Waals surface area (Å²) in [6, 6.07) is 2.12. The lowest BCUT2D eigenvalue weighted by molar-refractivity contribution is 0.0592. The highest BCUT2D eigenvalue weighted by Crippen LogP contribution is 2.45. The van der Waals surface area contributed by atoms with Gasteiger partial charge in [-0.15, -0.1) is 5.10 Å². The van der Waals surface area contributed by atoms with Crippen molar-refractivity contribution in [2.24, 2.45) is 11.7 Å². The Morgan fingerprint density at radius 1 is 1.64 bits per heavy atom. The predicted molar refractivity (Wildman–Crippen MR) is 76.6 cm³/mol. The number of nitriles is 1. The molecule has 2 atom stereocenters. The van der Waals surface area contributed by atoms with Crippen LogP contribution in [0.15, 0.2) is 23.6 Å². The quantitative estimate of drug-likeness (QED) is 0.635. The van der Waals surface area contributed by atoms with Crippen LogP contribution in [0, 0.1) is 17.2 Å². The average molecular weight is 300 g/mol. The van der Waals surface area contributed by atoms with Crippen LogP contribution in [0.2, 0.25) is 0 Å².